The molecular weight excluding hydrogens is 334 g/mol. The van der Waals surface area contributed by atoms with Crippen molar-refractivity contribution in [3.63, 3.8) is 0 Å². The standard InChI is InChI=1S/C11H11Br2N3/c1-6-11(13)7(2)16(15-6)10-4-3-8(14)5-9(10)12/h3-5H,14H2,1-2H3. The molecule has 5 heteroatoms. The molecule has 0 amide bonds. The lowest BCUT2D eigenvalue weighted by Gasteiger charge is -2.07. The van der Waals surface area contributed by atoms with Gasteiger partial charge >= 0.3 is 0 Å². The minimum atomic E-state index is 0.733. The van der Waals surface area contributed by atoms with Crippen LogP contribution in [0.4, 0.5) is 5.69 Å². The van der Waals surface area contributed by atoms with Gasteiger partial charge < -0.3 is 5.73 Å². The van der Waals surface area contributed by atoms with Crippen molar-refractivity contribution in [2.75, 3.05) is 5.73 Å². The minimum Gasteiger partial charge on any atom is -0.399 e. The number of nitrogen functional groups attached to an aromatic ring is 1. The van der Waals surface area contributed by atoms with E-state index in [1.807, 2.05) is 36.7 Å². The smallest absolute Gasteiger partial charge is 0.0792 e. The maximum atomic E-state index is 5.71. The summed E-state index contributed by atoms with van der Waals surface area (Å²) in [7, 11) is 0. The van der Waals surface area contributed by atoms with Gasteiger partial charge in [0, 0.05) is 10.2 Å². The highest BCUT2D eigenvalue weighted by Gasteiger charge is 2.12. The van der Waals surface area contributed by atoms with Crippen molar-refractivity contribution in [2.24, 2.45) is 0 Å². The van der Waals surface area contributed by atoms with Crippen LogP contribution in [-0.2, 0) is 0 Å². The second-order valence-corrected chi connectivity index (χ2v) is 5.25. The Balaban J connectivity index is 2.63. The lowest BCUT2D eigenvalue weighted by molar-refractivity contribution is 0.830. The Morgan fingerprint density at radius 3 is 2.44 bits per heavy atom. The fourth-order valence-corrected chi connectivity index (χ4v) is 2.36. The third-order valence-electron chi connectivity index (χ3n) is 2.40. The van der Waals surface area contributed by atoms with Gasteiger partial charge in [-0.1, -0.05) is 0 Å². The van der Waals surface area contributed by atoms with Gasteiger partial charge in [0.1, 0.15) is 0 Å². The van der Waals surface area contributed by atoms with Crippen molar-refractivity contribution in [1.82, 2.24) is 9.78 Å². The van der Waals surface area contributed by atoms with Gasteiger partial charge in [0.2, 0.25) is 0 Å². The third-order valence-corrected chi connectivity index (χ3v) is 4.19. The highest BCUT2D eigenvalue weighted by atomic mass is 79.9. The van der Waals surface area contributed by atoms with Crippen molar-refractivity contribution < 1.29 is 0 Å². The lowest BCUT2D eigenvalue weighted by Crippen LogP contribution is -2.00. The Kier molecular flexibility index (Phi) is 3.08. The number of halogens is 2. The summed E-state index contributed by atoms with van der Waals surface area (Å²) < 4.78 is 3.87. The molecule has 1 heterocycles. The zero-order valence-electron chi connectivity index (χ0n) is 8.96. The molecule has 0 unspecified atom stereocenters. The molecule has 0 aliphatic rings. The summed E-state index contributed by atoms with van der Waals surface area (Å²) in [4.78, 5) is 0. The first-order chi connectivity index (χ1) is 7.50. The van der Waals surface area contributed by atoms with Gasteiger partial charge in [0.05, 0.1) is 21.5 Å². The number of hydrogen-bond acceptors (Lipinski definition) is 2. The average Bonchev–Trinajstić information content (AvgIpc) is 2.46. The van der Waals surface area contributed by atoms with E-state index >= 15 is 0 Å². The second kappa shape index (κ2) is 4.22. The van der Waals surface area contributed by atoms with Crippen LogP contribution in [0.1, 0.15) is 11.4 Å². The highest BCUT2D eigenvalue weighted by molar-refractivity contribution is 9.11. The fraction of sp³-hybridized carbons (Fsp3) is 0.182. The van der Waals surface area contributed by atoms with Gasteiger partial charge in [-0.2, -0.15) is 5.10 Å². The molecule has 0 atom stereocenters. The number of aromatic nitrogens is 2. The second-order valence-electron chi connectivity index (χ2n) is 3.61. The summed E-state index contributed by atoms with van der Waals surface area (Å²) in [6.07, 6.45) is 0. The molecule has 0 saturated heterocycles. The molecule has 0 aliphatic heterocycles. The van der Waals surface area contributed by atoms with Crippen LogP contribution < -0.4 is 5.73 Å². The zero-order chi connectivity index (χ0) is 11.9. The maximum absolute atomic E-state index is 5.71. The van der Waals surface area contributed by atoms with Gasteiger partial charge in [-0.3, -0.25) is 0 Å². The van der Waals surface area contributed by atoms with Crippen LogP contribution in [0.15, 0.2) is 27.1 Å². The summed E-state index contributed by atoms with van der Waals surface area (Å²) in [6, 6.07) is 5.69. The third kappa shape index (κ3) is 1.89. The Morgan fingerprint density at radius 1 is 1.25 bits per heavy atom. The Bertz CT molecular complexity index is 546. The van der Waals surface area contributed by atoms with Crippen LogP contribution >= 0.6 is 31.9 Å². The van der Waals surface area contributed by atoms with E-state index in [1.54, 1.807) is 0 Å². The van der Waals surface area contributed by atoms with Crippen LogP contribution in [0.5, 0.6) is 0 Å². The number of rotatable bonds is 1. The molecule has 1 aromatic carbocycles. The van der Waals surface area contributed by atoms with Crippen molar-refractivity contribution in [3.8, 4) is 5.69 Å². The molecule has 16 heavy (non-hydrogen) atoms. The number of nitrogens with zero attached hydrogens (tertiary/aromatic N) is 2. The first-order valence-electron chi connectivity index (χ1n) is 4.78. The van der Waals surface area contributed by atoms with Gasteiger partial charge in [-0.15, -0.1) is 0 Å². The van der Waals surface area contributed by atoms with Gasteiger partial charge in [0.15, 0.2) is 0 Å². The fourth-order valence-electron chi connectivity index (χ4n) is 1.55. The van der Waals surface area contributed by atoms with E-state index in [9.17, 15) is 0 Å². The number of hydrogen-bond donors (Lipinski definition) is 1. The molecule has 0 spiro atoms. The summed E-state index contributed by atoms with van der Waals surface area (Å²) in [5.74, 6) is 0. The minimum absolute atomic E-state index is 0.733. The largest absolute Gasteiger partial charge is 0.399 e. The molecule has 0 aliphatic carbocycles. The van der Waals surface area contributed by atoms with Crippen molar-refractivity contribution in [1.29, 1.82) is 0 Å². The Hall–Kier alpha value is -0.810. The van der Waals surface area contributed by atoms with E-state index < -0.39 is 0 Å². The molecule has 2 N–H and O–H groups in total. The van der Waals surface area contributed by atoms with Crippen LogP contribution in [0.25, 0.3) is 5.69 Å². The van der Waals surface area contributed by atoms with Crippen molar-refractivity contribution >= 4 is 37.5 Å². The first-order valence-corrected chi connectivity index (χ1v) is 6.36. The predicted octanol–water partition coefficient (Wildman–Crippen LogP) is 3.60. The molecule has 0 bridgehead atoms. The number of nitrogens with two attached hydrogens (primary N) is 1. The monoisotopic (exact) mass is 343 g/mol. The molecule has 0 radical (unpaired) electrons. The van der Waals surface area contributed by atoms with E-state index in [4.69, 9.17) is 5.73 Å². The predicted molar refractivity (Wildman–Crippen MR) is 72.9 cm³/mol. The molecule has 0 saturated carbocycles. The Morgan fingerprint density at radius 2 is 1.94 bits per heavy atom. The van der Waals surface area contributed by atoms with E-state index in [-0.39, 0.29) is 0 Å². The van der Waals surface area contributed by atoms with Crippen LogP contribution in [0.2, 0.25) is 0 Å². The molecular formula is C11H11Br2N3. The zero-order valence-corrected chi connectivity index (χ0v) is 12.1. The molecule has 0 fully saturated rings. The average molecular weight is 345 g/mol. The molecule has 2 rings (SSSR count). The van der Waals surface area contributed by atoms with E-state index in [0.29, 0.717) is 0 Å². The van der Waals surface area contributed by atoms with Gasteiger partial charge in [-0.05, 0) is 63.9 Å². The summed E-state index contributed by atoms with van der Waals surface area (Å²) in [5.41, 5.74) is 9.47. The first kappa shape index (κ1) is 11.7. The van der Waals surface area contributed by atoms with Crippen LogP contribution in [-0.4, -0.2) is 9.78 Å². The van der Waals surface area contributed by atoms with Gasteiger partial charge in [0.25, 0.3) is 0 Å². The van der Waals surface area contributed by atoms with Crippen molar-refractivity contribution in [3.05, 3.63) is 38.5 Å². The SMILES string of the molecule is Cc1nn(-c2ccc(N)cc2Br)c(C)c1Br. The lowest BCUT2D eigenvalue weighted by atomic mass is 10.3. The van der Waals surface area contributed by atoms with E-state index in [2.05, 4.69) is 37.0 Å². The normalized spacial score (nSPS) is 10.8. The summed E-state index contributed by atoms with van der Waals surface area (Å²) in [6.45, 7) is 3.99. The van der Waals surface area contributed by atoms with Crippen LogP contribution in [0.3, 0.4) is 0 Å². The topological polar surface area (TPSA) is 43.8 Å². The van der Waals surface area contributed by atoms with E-state index in [1.165, 1.54) is 0 Å². The number of benzene rings is 1. The van der Waals surface area contributed by atoms with Gasteiger partial charge in [-0.25, -0.2) is 4.68 Å². The molecule has 3 nitrogen and oxygen atoms in total. The molecule has 1 aromatic heterocycles. The number of aryl methyl sites for hydroxylation is 1. The van der Waals surface area contributed by atoms with Crippen molar-refractivity contribution in [2.45, 2.75) is 13.8 Å². The molecule has 84 valence electrons. The quantitative estimate of drug-likeness (QED) is 0.803. The highest BCUT2D eigenvalue weighted by Crippen LogP contribution is 2.28. The maximum Gasteiger partial charge on any atom is 0.0792 e. The molecule has 2 aromatic rings. The summed E-state index contributed by atoms with van der Waals surface area (Å²) in [5, 5.41) is 4.47. The van der Waals surface area contributed by atoms with E-state index in [0.717, 1.165) is 31.7 Å². The van der Waals surface area contributed by atoms with Crippen LogP contribution in [0, 0.1) is 13.8 Å². The summed E-state index contributed by atoms with van der Waals surface area (Å²) >= 11 is 7.01. The Labute approximate surface area is 111 Å². The number of anilines is 1.